The molecular weight excluding hydrogens is 1290 g/mol. The Balaban J connectivity index is 1.08. The predicted octanol–water partition coefficient (Wildman–Crippen LogP) is -12.0. The zero-order chi connectivity index (χ0) is 70.9. The lowest BCUT2D eigenvalue weighted by Crippen LogP contribution is -2.70. The van der Waals surface area contributed by atoms with Crippen LogP contribution in [0, 0.1) is 5.92 Å². The van der Waals surface area contributed by atoms with E-state index in [0.717, 1.165) is 4.90 Å². The molecule has 0 aromatic heterocycles. The Kier molecular flexibility index (Phi) is 25.8. The molecule has 6 heterocycles. The van der Waals surface area contributed by atoms with Crippen molar-refractivity contribution in [1.82, 2.24) is 42.1 Å². The minimum Gasteiger partial charge on any atom is -0.462 e. The number of amides is 6. The number of benzene rings is 2. The van der Waals surface area contributed by atoms with Crippen LogP contribution in [0.25, 0.3) is 0 Å². The highest BCUT2D eigenvalue weighted by molar-refractivity contribution is 5.98. The van der Waals surface area contributed by atoms with E-state index in [1.807, 2.05) is 0 Å². The molecule has 26 atom stereocenters. The zero-order valence-electron chi connectivity index (χ0n) is 52.7. The molecular formula is C59H86N12O26. The predicted molar refractivity (Wildman–Crippen MR) is 326 cm³/mol. The number of carbonyl (C=O) groups is 7. The van der Waals surface area contributed by atoms with Gasteiger partial charge in [0.1, 0.15) is 115 Å². The molecule has 2 aromatic carbocycles. The first-order valence-corrected chi connectivity index (χ1v) is 31.3. The van der Waals surface area contributed by atoms with Gasteiger partial charge in [0.25, 0.3) is 0 Å². The van der Waals surface area contributed by atoms with E-state index < -0.39 is 252 Å². The molecule has 6 aliphatic rings. The molecule has 38 nitrogen and oxygen atoms in total. The van der Waals surface area contributed by atoms with Gasteiger partial charge in [0.2, 0.25) is 41.7 Å². The van der Waals surface area contributed by atoms with Crippen molar-refractivity contribution in [2.24, 2.45) is 27.4 Å². The van der Waals surface area contributed by atoms with Gasteiger partial charge in [-0.3, -0.25) is 43.5 Å². The molecule has 0 aliphatic carbocycles. The van der Waals surface area contributed by atoms with Crippen LogP contribution in [-0.2, 0) is 63.7 Å². The molecule has 6 amide bonds. The van der Waals surface area contributed by atoms with E-state index in [4.69, 9.17) is 39.9 Å². The summed E-state index contributed by atoms with van der Waals surface area (Å²) in [5.41, 5.74) is 12.8. The topological polar surface area (TPSA) is 602 Å². The van der Waals surface area contributed by atoms with Gasteiger partial charge in [-0.1, -0.05) is 63.2 Å². The maximum atomic E-state index is 15.2. The van der Waals surface area contributed by atoms with Crippen LogP contribution in [0.5, 0.6) is 5.75 Å². The highest BCUT2D eigenvalue weighted by Crippen LogP contribution is 2.33. The molecule has 6 aliphatic heterocycles. The fourth-order valence-corrected chi connectivity index (χ4v) is 11.7. The van der Waals surface area contributed by atoms with E-state index in [1.54, 1.807) is 51.1 Å². The van der Waals surface area contributed by atoms with Gasteiger partial charge < -0.3 is 148 Å². The molecule has 38 heteroatoms. The maximum Gasteiger partial charge on any atom is 0.309 e. The summed E-state index contributed by atoms with van der Waals surface area (Å²) >= 11 is 0. The van der Waals surface area contributed by atoms with Crippen LogP contribution in [0.2, 0.25) is 0 Å². The Bertz CT molecular complexity index is 3100. The van der Waals surface area contributed by atoms with E-state index in [9.17, 15) is 90.4 Å². The molecule has 97 heavy (non-hydrogen) atoms. The van der Waals surface area contributed by atoms with Crippen LogP contribution in [0.1, 0.15) is 44.2 Å². The van der Waals surface area contributed by atoms with Crippen LogP contribution in [-0.4, -0.2) is 317 Å². The number of nitrogens with two attached hydrogens (primary N) is 2. The molecule has 2 aromatic rings. The summed E-state index contributed by atoms with van der Waals surface area (Å²) in [5, 5.41) is 160. The van der Waals surface area contributed by atoms with Gasteiger partial charge in [0.05, 0.1) is 64.1 Å². The summed E-state index contributed by atoms with van der Waals surface area (Å²) in [4.78, 5) is 109. The number of carbonyl (C=O) groups excluding carboxylic acids is 7. The van der Waals surface area contributed by atoms with Crippen LogP contribution in [0.15, 0.2) is 64.6 Å². The lowest BCUT2D eigenvalue weighted by atomic mass is 9.92. The molecule has 26 unspecified atom stereocenters. The van der Waals surface area contributed by atoms with E-state index >= 15 is 9.59 Å². The number of hydrogen-bond donors (Lipinski definition) is 22. The third kappa shape index (κ3) is 17.3. The molecule has 0 saturated carbocycles. The Morgan fingerprint density at radius 2 is 1.20 bits per heavy atom. The van der Waals surface area contributed by atoms with Crippen LogP contribution in [0.3, 0.4) is 0 Å². The average molecular weight is 1380 g/mol. The third-order valence-electron chi connectivity index (χ3n) is 17.8. The number of ether oxygens (including phenoxy) is 6. The van der Waals surface area contributed by atoms with E-state index in [1.165, 1.54) is 24.3 Å². The number of aliphatic hydroxyl groups excluding tert-OH is 13. The zero-order valence-corrected chi connectivity index (χ0v) is 52.7. The second-order valence-electron chi connectivity index (χ2n) is 24.3. The SMILES string of the molecule is CCC(C)C(=O)OC1C(CO)OC(OC2C(CO)OC(Oc3ccc(CC4NC(=O)C(C(C)c5ccccc5)NC(=O)CNC(=O)C(CO)NC(=O)C(C(O)C5CN=C(N)N5C5OC(CO)C(O)C(O)C5O)NC(=O)C(C(O)C5CN=C(N)N5)NC4=O)cc3)C(O)C2O)C(O)C1O. The highest BCUT2D eigenvalue weighted by atomic mass is 16.7. The minimum absolute atomic E-state index is 0.0848. The number of guanidine groups is 2. The van der Waals surface area contributed by atoms with Crippen molar-refractivity contribution < 1.29 is 128 Å². The van der Waals surface area contributed by atoms with Crippen molar-refractivity contribution in [3.8, 4) is 5.75 Å². The number of nitrogens with zero attached hydrogens (tertiary/aromatic N) is 3. The van der Waals surface area contributed by atoms with Crippen molar-refractivity contribution in [3.05, 3.63) is 65.7 Å². The first-order valence-electron chi connectivity index (χ1n) is 31.3. The lowest BCUT2D eigenvalue weighted by Gasteiger charge is -2.46. The Morgan fingerprint density at radius 1 is 0.608 bits per heavy atom. The number of esters is 1. The Morgan fingerprint density at radius 3 is 1.82 bits per heavy atom. The van der Waals surface area contributed by atoms with Crippen molar-refractivity contribution in [1.29, 1.82) is 0 Å². The molecule has 24 N–H and O–H groups in total. The first kappa shape index (κ1) is 75.2. The van der Waals surface area contributed by atoms with Gasteiger partial charge in [-0.25, -0.2) is 0 Å². The van der Waals surface area contributed by atoms with Gasteiger partial charge in [-0.2, -0.15) is 0 Å². The van der Waals surface area contributed by atoms with Crippen molar-refractivity contribution in [2.45, 2.75) is 186 Å². The van der Waals surface area contributed by atoms with Gasteiger partial charge >= 0.3 is 5.97 Å². The normalized spacial score (nSPS) is 36.2. The average Bonchev–Trinajstić information content (AvgIpc) is 1.77. The van der Waals surface area contributed by atoms with Crippen molar-refractivity contribution >= 4 is 53.3 Å². The van der Waals surface area contributed by atoms with Gasteiger partial charge in [0.15, 0.2) is 30.5 Å². The largest absolute Gasteiger partial charge is 0.462 e. The molecule has 8 rings (SSSR count). The number of rotatable bonds is 20. The molecule has 0 spiro atoms. The number of hydrogen-bond acceptors (Lipinski definition) is 32. The maximum absolute atomic E-state index is 15.2. The van der Waals surface area contributed by atoms with Gasteiger partial charge in [-0.15, -0.1) is 0 Å². The van der Waals surface area contributed by atoms with Gasteiger partial charge in [0, 0.05) is 12.3 Å². The smallest absolute Gasteiger partial charge is 0.309 e. The summed E-state index contributed by atoms with van der Waals surface area (Å²) in [7, 11) is 0. The van der Waals surface area contributed by atoms with Crippen molar-refractivity contribution in [3.63, 3.8) is 0 Å². The van der Waals surface area contributed by atoms with E-state index in [-0.39, 0.29) is 23.8 Å². The molecule has 0 radical (unpaired) electrons. The van der Waals surface area contributed by atoms with Crippen LogP contribution >= 0.6 is 0 Å². The van der Waals surface area contributed by atoms with E-state index in [0.29, 0.717) is 12.0 Å². The van der Waals surface area contributed by atoms with Crippen LogP contribution in [0.4, 0.5) is 0 Å². The minimum atomic E-state index is -2.35. The van der Waals surface area contributed by atoms with Crippen molar-refractivity contribution in [2.75, 3.05) is 46.1 Å². The van der Waals surface area contributed by atoms with E-state index in [2.05, 4.69) is 47.2 Å². The summed E-state index contributed by atoms with van der Waals surface area (Å²) in [6.07, 6.45) is -31.5. The molecule has 4 saturated heterocycles. The Hall–Kier alpha value is -7.61. The quantitative estimate of drug-likeness (QED) is 0.0547. The lowest BCUT2D eigenvalue weighted by molar-refractivity contribution is -0.353. The highest BCUT2D eigenvalue weighted by Gasteiger charge is 2.55. The van der Waals surface area contributed by atoms with Crippen LogP contribution < -0.4 is 53.4 Å². The summed E-state index contributed by atoms with van der Waals surface area (Å²) in [5.74, 6) is -10.4. The molecule has 4 fully saturated rings. The molecule has 0 bridgehead atoms. The summed E-state index contributed by atoms with van der Waals surface area (Å²) < 4.78 is 34.2. The molecule has 538 valence electrons. The Labute approximate surface area is 553 Å². The second-order valence-corrected chi connectivity index (χ2v) is 24.3. The number of aliphatic imine (C=N–C) groups is 2. The second kappa shape index (κ2) is 33.3. The van der Waals surface area contributed by atoms with Gasteiger partial charge in [-0.05, 0) is 29.7 Å². The first-order chi connectivity index (χ1) is 46.1. The third-order valence-corrected chi connectivity index (χ3v) is 17.8. The fraction of sp³-hybridized carbons (Fsp3) is 0.644. The fourth-order valence-electron chi connectivity index (χ4n) is 11.7. The number of aliphatic hydroxyl groups is 13. The number of nitrogens with one attached hydrogen (secondary N) is 7. The monoisotopic (exact) mass is 1380 g/mol. The summed E-state index contributed by atoms with van der Waals surface area (Å²) in [6.45, 7) is -0.754. The standard InChI is InChI=1S/C59H86N12O26/c1-4-22(2)55(91)96-47-32(20-74)95-57(46(85)42(47)81)97-48-33(21-75)94-56(45(84)43(48)82)92-26-12-10-24(11-13-26)14-27-50(87)69-36(38(77)28-15-63-58(60)67-28)53(90)70-37(39(78)30-16-64-59(61)71(30)54-44(83)41(80)40(79)31(19-73)93-54)52(89)66-29(18-72)49(86)62-17-34(76)68-35(51(88)65-27)23(3)25-8-6-5-7-9-25/h5-13,22-23,27-33,35-48,54,56-57,72-75,77-85H,4,14-21H2,1-3H3,(H2,61,64)(H,62,86)(H,65,88)(H,66,89)(H,68,76)(H,69,87)(H,70,90)(H3,60,63,67). The summed E-state index contributed by atoms with van der Waals surface area (Å²) in [6, 6.07) is 0.741.